The number of carboxylic acids is 1. The van der Waals surface area contributed by atoms with E-state index in [1.807, 2.05) is 0 Å². The Labute approximate surface area is 115 Å². The van der Waals surface area contributed by atoms with Crippen molar-refractivity contribution in [2.75, 3.05) is 0 Å². The summed E-state index contributed by atoms with van der Waals surface area (Å²) in [5, 5.41) is 11.1. The zero-order valence-corrected chi connectivity index (χ0v) is 11.9. The van der Waals surface area contributed by atoms with Crippen LogP contribution in [0.5, 0.6) is 0 Å². The summed E-state index contributed by atoms with van der Waals surface area (Å²) in [6.07, 6.45) is 3.19. The maximum absolute atomic E-state index is 12.6. The molecule has 1 aliphatic carbocycles. The molecule has 2 aliphatic heterocycles. The van der Waals surface area contributed by atoms with Crippen molar-refractivity contribution in [2.45, 2.75) is 42.0 Å². The molecule has 3 aliphatic rings. The Bertz CT molecular complexity index is 573. The Morgan fingerprint density at radius 3 is 2.53 bits per heavy atom. The van der Waals surface area contributed by atoms with Crippen LogP contribution in [-0.2, 0) is 14.8 Å². The van der Waals surface area contributed by atoms with E-state index >= 15 is 0 Å². The van der Waals surface area contributed by atoms with Gasteiger partial charge in [0.1, 0.15) is 10.3 Å². The van der Waals surface area contributed by atoms with E-state index in [9.17, 15) is 18.3 Å². The molecule has 1 atom stereocenters. The number of thiophene rings is 1. The van der Waals surface area contributed by atoms with E-state index in [-0.39, 0.29) is 16.2 Å². The first-order chi connectivity index (χ1) is 9.01. The Kier molecular flexibility index (Phi) is 3.15. The molecule has 5 nitrogen and oxygen atoms in total. The third-order valence-electron chi connectivity index (χ3n) is 4.10. The number of carboxylic acid groups (broad SMARTS) is 1. The number of fused-ring (bicyclic) bond motifs is 3. The summed E-state index contributed by atoms with van der Waals surface area (Å²) in [5.74, 6) is -1.06. The molecule has 3 fully saturated rings. The van der Waals surface area contributed by atoms with Gasteiger partial charge in [-0.25, -0.2) is 8.42 Å². The second-order valence-corrected chi connectivity index (χ2v) is 8.14. The number of piperidine rings is 2. The van der Waals surface area contributed by atoms with Gasteiger partial charge in [-0.05, 0) is 43.0 Å². The molecule has 19 heavy (non-hydrogen) atoms. The summed E-state index contributed by atoms with van der Waals surface area (Å²) in [6, 6.07) is 2.18. The first-order valence-corrected chi connectivity index (χ1v) is 8.63. The molecular weight excluding hydrogens is 286 g/mol. The summed E-state index contributed by atoms with van der Waals surface area (Å²) in [5.41, 5.74) is 0. The Morgan fingerprint density at radius 2 is 2.00 bits per heavy atom. The number of hydrogen-bond donors (Lipinski definition) is 1. The molecule has 4 rings (SSSR count). The van der Waals surface area contributed by atoms with Crippen LogP contribution in [-0.4, -0.2) is 35.9 Å². The van der Waals surface area contributed by atoms with Gasteiger partial charge >= 0.3 is 5.97 Å². The minimum Gasteiger partial charge on any atom is -0.480 e. The molecule has 2 bridgehead atoms. The number of rotatable bonds is 3. The number of hydrogen-bond acceptors (Lipinski definition) is 4. The zero-order valence-electron chi connectivity index (χ0n) is 10.2. The lowest BCUT2D eigenvalue weighted by Gasteiger charge is -2.48. The molecule has 1 N–H and O–H groups in total. The standard InChI is InChI=1S/C12H15NO4S2/c14-12(15)11-8-3-5-9(6-4-8)13(11)19(16,17)10-2-1-7-18-10/h1-2,7-9,11H,3-6H2,(H,14,15)/t8?,9?,11-/m0/s1. The Morgan fingerprint density at radius 1 is 1.32 bits per heavy atom. The third-order valence-corrected chi connectivity index (χ3v) is 7.41. The zero-order chi connectivity index (χ0) is 13.6. The van der Waals surface area contributed by atoms with E-state index < -0.39 is 22.0 Å². The minimum atomic E-state index is -3.67. The van der Waals surface area contributed by atoms with E-state index in [4.69, 9.17) is 0 Å². The quantitative estimate of drug-likeness (QED) is 0.923. The molecule has 1 aromatic heterocycles. The van der Waals surface area contributed by atoms with Crippen molar-refractivity contribution in [1.29, 1.82) is 0 Å². The normalized spacial score (nSPS) is 31.5. The van der Waals surface area contributed by atoms with Gasteiger partial charge in [-0.3, -0.25) is 4.79 Å². The van der Waals surface area contributed by atoms with Crippen LogP contribution >= 0.6 is 11.3 Å². The largest absolute Gasteiger partial charge is 0.480 e. The van der Waals surface area contributed by atoms with Crippen LogP contribution in [0, 0.1) is 5.92 Å². The summed E-state index contributed by atoms with van der Waals surface area (Å²) in [6.45, 7) is 0. The summed E-state index contributed by atoms with van der Waals surface area (Å²) < 4.78 is 26.8. The van der Waals surface area contributed by atoms with Crippen molar-refractivity contribution in [3.8, 4) is 0 Å². The Hall–Kier alpha value is -0.920. The highest BCUT2D eigenvalue weighted by Gasteiger charge is 2.51. The molecule has 1 aromatic rings. The number of carbonyl (C=O) groups is 1. The van der Waals surface area contributed by atoms with Gasteiger partial charge in [0, 0.05) is 6.04 Å². The molecule has 0 unspecified atom stereocenters. The molecule has 7 heteroatoms. The summed E-state index contributed by atoms with van der Waals surface area (Å²) >= 11 is 1.14. The maximum atomic E-state index is 12.6. The first kappa shape index (κ1) is 13.1. The first-order valence-electron chi connectivity index (χ1n) is 6.31. The third kappa shape index (κ3) is 2.00. The van der Waals surface area contributed by atoms with Crippen LogP contribution in [0.3, 0.4) is 0 Å². The molecule has 0 radical (unpaired) electrons. The molecule has 3 heterocycles. The second kappa shape index (κ2) is 4.57. The second-order valence-electron chi connectivity index (χ2n) is 5.12. The average molecular weight is 301 g/mol. The lowest BCUT2D eigenvalue weighted by atomic mass is 9.76. The predicted molar refractivity (Wildman–Crippen MR) is 70.5 cm³/mol. The van der Waals surface area contributed by atoms with Gasteiger partial charge < -0.3 is 5.11 Å². The van der Waals surface area contributed by atoms with Crippen molar-refractivity contribution in [1.82, 2.24) is 4.31 Å². The van der Waals surface area contributed by atoms with Crippen molar-refractivity contribution in [3.05, 3.63) is 17.5 Å². The summed E-state index contributed by atoms with van der Waals surface area (Å²) in [7, 11) is -3.67. The van der Waals surface area contributed by atoms with Gasteiger partial charge in [0.15, 0.2) is 0 Å². The molecular formula is C12H15NO4S2. The predicted octanol–water partition coefficient (Wildman–Crippen LogP) is 1.76. The molecule has 0 spiro atoms. The fraction of sp³-hybridized carbons (Fsp3) is 0.583. The number of aliphatic carboxylic acids is 1. The minimum absolute atomic E-state index is 0.0442. The van der Waals surface area contributed by atoms with E-state index in [2.05, 4.69) is 0 Å². The van der Waals surface area contributed by atoms with Gasteiger partial charge in [0.2, 0.25) is 0 Å². The van der Waals surface area contributed by atoms with Crippen molar-refractivity contribution in [3.63, 3.8) is 0 Å². The average Bonchev–Trinajstić information content (AvgIpc) is 2.93. The van der Waals surface area contributed by atoms with Gasteiger partial charge in [0.05, 0.1) is 0 Å². The summed E-state index contributed by atoms with van der Waals surface area (Å²) in [4.78, 5) is 11.5. The van der Waals surface area contributed by atoms with Gasteiger partial charge in [0.25, 0.3) is 10.0 Å². The van der Waals surface area contributed by atoms with Crippen LogP contribution in [0.25, 0.3) is 0 Å². The smallest absolute Gasteiger partial charge is 0.322 e. The number of nitrogens with zero attached hydrogens (tertiary/aromatic N) is 1. The van der Waals surface area contributed by atoms with Crippen molar-refractivity contribution < 1.29 is 18.3 Å². The van der Waals surface area contributed by atoms with Gasteiger partial charge in [-0.2, -0.15) is 4.31 Å². The van der Waals surface area contributed by atoms with E-state index in [1.165, 1.54) is 4.31 Å². The molecule has 0 amide bonds. The molecule has 2 saturated heterocycles. The highest BCUT2D eigenvalue weighted by molar-refractivity contribution is 7.91. The highest BCUT2D eigenvalue weighted by atomic mass is 32.2. The van der Waals surface area contributed by atoms with Crippen molar-refractivity contribution in [2.24, 2.45) is 5.92 Å². The van der Waals surface area contributed by atoms with Crippen molar-refractivity contribution >= 4 is 27.3 Å². The van der Waals surface area contributed by atoms with Gasteiger partial charge in [-0.1, -0.05) is 6.07 Å². The van der Waals surface area contributed by atoms with Crippen LogP contribution < -0.4 is 0 Å². The van der Waals surface area contributed by atoms with E-state index in [0.29, 0.717) is 0 Å². The van der Waals surface area contributed by atoms with Gasteiger partial charge in [-0.15, -0.1) is 11.3 Å². The lowest BCUT2D eigenvalue weighted by Crippen LogP contribution is -2.60. The fourth-order valence-electron chi connectivity index (χ4n) is 3.28. The maximum Gasteiger partial charge on any atom is 0.322 e. The van der Waals surface area contributed by atoms with E-state index in [0.717, 1.165) is 37.0 Å². The monoisotopic (exact) mass is 301 g/mol. The SMILES string of the molecule is O=C(O)[C@@H]1C2CCC(CC2)N1S(=O)(=O)c1cccs1. The van der Waals surface area contributed by atoms with E-state index in [1.54, 1.807) is 17.5 Å². The van der Waals surface area contributed by atoms with Crippen LogP contribution in [0.15, 0.2) is 21.7 Å². The highest BCUT2D eigenvalue weighted by Crippen LogP contribution is 2.43. The number of sulfonamides is 1. The van der Waals surface area contributed by atoms with Crippen LogP contribution in [0.1, 0.15) is 25.7 Å². The fourth-order valence-corrected chi connectivity index (χ4v) is 6.26. The molecule has 104 valence electrons. The lowest BCUT2D eigenvalue weighted by molar-refractivity contribution is -0.147. The van der Waals surface area contributed by atoms with Crippen LogP contribution in [0.2, 0.25) is 0 Å². The topological polar surface area (TPSA) is 74.7 Å². The Balaban J connectivity index is 2.04. The molecule has 0 aromatic carbocycles. The van der Waals surface area contributed by atoms with Crippen LogP contribution in [0.4, 0.5) is 0 Å². The molecule has 1 saturated carbocycles.